The second kappa shape index (κ2) is 8.78. The molecule has 30 heavy (non-hydrogen) atoms. The van der Waals surface area contributed by atoms with Crippen molar-refractivity contribution in [2.75, 3.05) is 10.7 Å². The van der Waals surface area contributed by atoms with Crippen LogP contribution in [-0.4, -0.2) is 26.6 Å². The second-order valence-corrected chi connectivity index (χ2v) is 6.38. The average molecular weight is 406 g/mol. The Hall–Kier alpha value is -4.34. The fraction of sp³-hybridized carbons (Fsp3) is 0.100. The molecule has 3 N–H and O–H groups in total. The SMILES string of the molecule is CC(=O)c1cccc(Nc2ncnc(NNC(=O)c3ccc(C)cc3)c2[N+](=O)[O-])c1. The molecular formula is C20H18N6O4. The van der Waals surface area contributed by atoms with Gasteiger partial charge in [0.25, 0.3) is 5.91 Å². The van der Waals surface area contributed by atoms with Crippen molar-refractivity contribution in [1.82, 2.24) is 15.4 Å². The third kappa shape index (κ3) is 4.73. The molecule has 10 heteroatoms. The van der Waals surface area contributed by atoms with E-state index in [9.17, 15) is 19.7 Å². The molecule has 0 aliphatic carbocycles. The first-order chi connectivity index (χ1) is 14.3. The van der Waals surface area contributed by atoms with Crippen LogP contribution in [0.1, 0.15) is 33.2 Å². The number of hydrogen-bond donors (Lipinski definition) is 3. The van der Waals surface area contributed by atoms with E-state index < -0.39 is 16.5 Å². The van der Waals surface area contributed by atoms with Gasteiger partial charge in [-0.25, -0.2) is 9.97 Å². The van der Waals surface area contributed by atoms with Crippen molar-refractivity contribution in [2.45, 2.75) is 13.8 Å². The number of amides is 1. The third-order valence-corrected chi connectivity index (χ3v) is 4.14. The number of benzene rings is 2. The summed E-state index contributed by atoms with van der Waals surface area (Å²) in [7, 11) is 0. The van der Waals surface area contributed by atoms with E-state index in [4.69, 9.17) is 0 Å². The summed E-state index contributed by atoms with van der Waals surface area (Å²) in [6, 6.07) is 13.3. The van der Waals surface area contributed by atoms with Crippen LogP contribution >= 0.6 is 0 Å². The van der Waals surface area contributed by atoms with Crippen molar-refractivity contribution in [1.29, 1.82) is 0 Å². The maximum atomic E-state index is 12.3. The number of hydrogen-bond acceptors (Lipinski definition) is 8. The first-order valence-corrected chi connectivity index (χ1v) is 8.85. The largest absolute Gasteiger partial charge is 0.355 e. The van der Waals surface area contributed by atoms with Gasteiger partial charge in [0.05, 0.1) is 4.92 Å². The number of carbonyl (C=O) groups is 2. The third-order valence-electron chi connectivity index (χ3n) is 4.14. The first kappa shape index (κ1) is 20.4. The van der Waals surface area contributed by atoms with Crippen LogP contribution in [0.3, 0.4) is 0 Å². The first-order valence-electron chi connectivity index (χ1n) is 8.85. The van der Waals surface area contributed by atoms with Gasteiger partial charge < -0.3 is 5.32 Å². The fourth-order valence-electron chi connectivity index (χ4n) is 2.58. The van der Waals surface area contributed by atoms with Gasteiger partial charge in [0.2, 0.25) is 11.6 Å². The molecule has 0 atom stereocenters. The van der Waals surface area contributed by atoms with E-state index in [0.717, 1.165) is 11.9 Å². The van der Waals surface area contributed by atoms with E-state index in [2.05, 4.69) is 26.1 Å². The van der Waals surface area contributed by atoms with Crippen LogP contribution in [-0.2, 0) is 0 Å². The molecule has 0 aliphatic rings. The zero-order chi connectivity index (χ0) is 21.7. The number of aromatic nitrogens is 2. The highest BCUT2D eigenvalue weighted by atomic mass is 16.6. The number of Topliss-reactive ketones (excluding diaryl/α,β-unsaturated/α-hetero) is 1. The number of nitrogens with one attached hydrogen (secondary N) is 3. The Bertz CT molecular complexity index is 1110. The Morgan fingerprint density at radius 2 is 1.70 bits per heavy atom. The minimum absolute atomic E-state index is 0.0946. The van der Waals surface area contributed by atoms with Gasteiger partial charge in [-0.3, -0.25) is 30.6 Å². The van der Waals surface area contributed by atoms with Gasteiger partial charge in [-0.1, -0.05) is 29.8 Å². The maximum absolute atomic E-state index is 12.3. The molecule has 1 heterocycles. The molecule has 0 aliphatic heterocycles. The van der Waals surface area contributed by atoms with Crippen LogP contribution in [0.25, 0.3) is 0 Å². The molecule has 0 unspecified atom stereocenters. The summed E-state index contributed by atoms with van der Waals surface area (Å²) in [5.41, 5.74) is 6.67. The molecule has 0 fully saturated rings. The lowest BCUT2D eigenvalue weighted by Crippen LogP contribution is -2.30. The number of carbonyl (C=O) groups excluding carboxylic acids is 2. The van der Waals surface area contributed by atoms with E-state index in [-0.39, 0.29) is 17.4 Å². The molecule has 10 nitrogen and oxygen atoms in total. The van der Waals surface area contributed by atoms with Gasteiger partial charge in [-0.15, -0.1) is 0 Å². The molecule has 0 bridgehead atoms. The van der Waals surface area contributed by atoms with Gasteiger partial charge in [-0.05, 0) is 38.1 Å². The summed E-state index contributed by atoms with van der Waals surface area (Å²) in [6.07, 6.45) is 1.12. The summed E-state index contributed by atoms with van der Waals surface area (Å²) < 4.78 is 0. The number of nitro groups is 1. The monoisotopic (exact) mass is 406 g/mol. The number of aryl methyl sites for hydroxylation is 1. The number of nitrogens with zero attached hydrogens (tertiary/aromatic N) is 3. The number of hydrazine groups is 1. The van der Waals surface area contributed by atoms with Crippen molar-refractivity contribution in [2.24, 2.45) is 0 Å². The second-order valence-electron chi connectivity index (χ2n) is 6.38. The van der Waals surface area contributed by atoms with Crippen LogP contribution in [0.15, 0.2) is 54.9 Å². The lowest BCUT2D eigenvalue weighted by Gasteiger charge is -2.11. The van der Waals surface area contributed by atoms with Crippen molar-refractivity contribution in [3.8, 4) is 0 Å². The molecular weight excluding hydrogens is 388 g/mol. The van der Waals surface area contributed by atoms with Crippen LogP contribution in [0.5, 0.6) is 0 Å². The molecule has 0 saturated carbocycles. The van der Waals surface area contributed by atoms with Crippen molar-refractivity contribution < 1.29 is 14.5 Å². The summed E-state index contributed by atoms with van der Waals surface area (Å²) >= 11 is 0. The minimum Gasteiger partial charge on any atom is -0.334 e. The Morgan fingerprint density at radius 3 is 2.37 bits per heavy atom. The number of ketones is 1. The molecule has 3 aromatic rings. The average Bonchev–Trinajstić information content (AvgIpc) is 2.72. The highest BCUT2D eigenvalue weighted by molar-refractivity contribution is 5.96. The molecule has 0 saturated heterocycles. The Labute approximate surface area is 171 Å². The van der Waals surface area contributed by atoms with Crippen LogP contribution < -0.4 is 16.2 Å². The van der Waals surface area contributed by atoms with Crippen molar-refractivity contribution in [3.05, 3.63) is 81.7 Å². The molecule has 2 aromatic carbocycles. The molecule has 3 rings (SSSR count). The van der Waals surface area contributed by atoms with Gasteiger partial charge >= 0.3 is 5.69 Å². The van der Waals surface area contributed by atoms with Crippen molar-refractivity contribution in [3.63, 3.8) is 0 Å². The molecule has 1 aromatic heterocycles. The maximum Gasteiger partial charge on any atom is 0.355 e. The molecule has 1 amide bonds. The van der Waals surface area contributed by atoms with E-state index >= 15 is 0 Å². The number of rotatable bonds is 7. The topological polar surface area (TPSA) is 139 Å². The lowest BCUT2D eigenvalue weighted by molar-refractivity contribution is -0.383. The fourth-order valence-corrected chi connectivity index (χ4v) is 2.58. The predicted octanol–water partition coefficient (Wildman–Crippen LogP) is 3.40. The standard InChI is InChI=1S/C20H18N6O4/c1-12-6-8-14(9-7-12)20(28)25-24-19-17(26(29)30)18(21-11-22-19)23-16-5-3-4-15(10-16)13(2)27/h3-11H,1-2H3,(H,25,28)(H2,21,22,23,24). The summed E-state index contributed by atoms with van der Waals surface area (Å²) in [4.78, 5) is 42.6. The van der Waals surface area contributed by atoms with Crippen LogP contribution in [0.4, 0.5) is 23.0 Å². The highest BCUT2D eigenvalue weighted by Crippen LogP contribution is 2.31. The molecule has 152 valence electrons. The zero-order valence-electron chi connectivity index (χ0n) is 16.2. The Balaban J connectivity index is 1.83. The van der Waals surface area contributed by atoms with E-state index in [1.54, 1.807) is 48.5 Å². The minimum atomic E-state index is -0.669. The van der Waals surface area contributed by atoms with Gasteiger partial charge in [0.15, 0.2) is 5.78 Å². The smallest absolute Gasteiger partial charge is 0.334 e. The highest BCUT2D eigenvalue weighted by Gasteiger charge is 2.24. The molecule has 0 radical (unpaired) electrons. The number of anilines is 3. The quantitative estimate of drug-likeness (QED) is 0.308. The lowest BCUT2D eigenvalue weighted by atomic mass is 10.1. The zero-order valence-corrected chi connectivity index (χ0v) is 16.2. The van der Waals surface area contributed by atoms with E-state index in [0.29, 0.717) is 16.8 Å². The summed E-state index contributed by atoms with van der Waals surface area (Å²) in [5, 5.41) is 14.5. The van der Waals surface area contributed by atoms with E-state index in [1.165, 1.54) is 6.92 Å². The van der Waals surface area contributed by atoms with Crippen LogP contribution in [0.2, 0.25) is 0 Å². The Morgan fingerprint density at radius 1 is 1.00 bits per heavy atom. The Kier molecular flexibility index (Phi) is 5.97. The van der Waals surface area contributed by atoms with E-state index in [1.807, 2.05) is 6.92 Å². The van der Waals surface area contributed by atoms with Gasteiger partial charge in [-0.2, -0.15) is 0 Å². The predicted molar refractivity (Wildman–Crippen MR) is 111 cm³/mol. The van der Waals surface area contributed by atoms with Gasteiger partial charge in [0.1, 0.15) is 6.33 Å². The molecule has 0 spiro atoms. The van der Waals surface area contributed by atoms with Crippen LogP contribution in [0, 0.1) is 17.0 Å². The summed E-state index contributed by atoms with van der Waals surface area (Å²) in [6.45, 7) is 3.32. The van der Waals surface area contributed by atoms with Gasteiger partial charge in [0, 0.05) is 16.8 Å². The normalized spacial score (nSPS) is 10.2. The van der Waals surface area contributed by atoms with Crippen molar-refractivity contribution >= 4 is 34.7 Å². The summed E-state index contributed by atoms with van der Waals surface area (Å²) in [5.74, 6) is -0.910.